The van der Waals surface area contributed by atoms with E-state index in [2.05, 4.69) is 50.1 Å². The third kappa shape index (κ3) is 14.1. The van der Waals surface area contributed by atoms with Crippen molar-refractivity contribution in [2.75, 3.05) is 52.5 Å². The normalized spacial score (nSPS) is 17.6. The SMILES string of the molecule is CC(C)(C)OC(=O)CCN1CCOC(c2ccc(Oc3cccc4ccccc34)cc2)C1.CC(C)(C)OC(=O)CCN1CCOC(c2ccc(Oc3ncccn3)cc2)C1. The first-order chi connectivity index (χ1) is 28.8. The third-order valence-corrected chi connectivity index (χ3v) is 9.64. The fraction of sp³-hybridized carbons (Fsp3) is 0.417. The van der Waals surface area contributed by atoms with Crippen LogP contribution in [0.1, 0.15) is 77.7 Å². The van der Waals surface area contributed by atoms with Gasteiger partial charge in [0.05, 0.1) is 38.3 Å². The Labute approximate surface area is 353 Å². The van der Waals surface area contributed by atoms with Crippen LogP contribution in [0, 0.1) is 0 Å². The Balaban J connectivity index is 0.000000203. The zero-order valence-electron chi connectivity index (χ0n) is 35.7. The second-order valence-corrected chi connectivity index (χ2v) is 16.8. The number of ether oxygens (including phenoxy) is 6. The Kier molecular flexibility index (Phi) is 15.3. The first kappa shape index (κ1) is 44.2. The van der Waals surface area contributed by atoms with E-state index in [-0.39, 0.29) is 24.1 Å². The fourth-order valence-electron chi connectivity index (χ4n) is 6.85. The highest BCUT2D eigenvalue weighted by atomic mass is 16.6. The van der Waals surface area contributed by atoms with E-state index in [9.17, 15) is 9.59 Å². The van der Waals surface area contributed by atoms with Gasteiger partial charge in [0, 0.05) is 57.0 Å². The molecule has 2 atom stereocenters. The van der Waals surface area contributed by atoms with Crippen molar-refractivity contribution in [2.24, 2.45) is 0 Å². The molecule has 12 heteroatoms. The van der Waals surface area contributed by atoms with Crippen LogP contribution in [-0.2, 0) is 28.5 Å². The van der Waals surface area contributed by atoms with Crippen molar-refractivity contribution in [3.8, 4) is 23.3 Å². The molecule has 2 unspecified atom stereocenters. The molecule has 12 nitrogen and oxygen atoms in total. The number of nitrogens with zero attached hydrogens (tertiary/aromatic N) is 4. The van der Waals surface area contributed by atoms with Gasteiger partial charge in [0.2, 0.25) is 0 Å². The molecule has 0 radical (unpaired) electrons. The van der Waals surface area contributed by atoms with Crippen molar-refractivity contribution < 1.29 is 38.0 Å². The minimum atomic E-state index is -0.445. The number of fused-ring (bicyclic) bond motifs is 1. The van der Waals surface area contributed by atoms with Gasteiger partial charge in [-0.1, -0.05) is 60.7 Å². The van der Waals surface area contributed by atoms with E-state index >= 15 is 0 Å². The van der Waals surface area contributed by atoms with Gasteiger partial charge in [0.25, 0.3) is 0 Å². The van der Waals surface area contributed by atoms with E-state index in [1.165, 1.54) is 0 Å². The van der Waals surface area contributed by atoms with Crippen LogP contribution in [0.3, 0.4) is 0 Å². The Bertz CT molecular complexity index is 2110. The van der Waals surface area contributed by atoms with E-state index in [1.807, 2.05) is 102 Å². The van der Waals surface area contributed by atoms with Crippen LogP contribution in [0.4, 0.5) is 0 Å². The number of benzene rings is 4. The molecule has 60 heavy (non-hydrogen) atoms. The van der Waals surface area contributed by atoms with Crippen LogP contribution >= 0.6 is 0 Å². The number of rotatable bonds is 12. The summed E-state index contributed by atoms with van der Waals surface area (Å²) in [5, 5.41) is 2.25. The molecular weight excluding hydrogens is 761 g/mol. The van der Waals surface area contributed by atoms with Crippen LogP contribution in [0.25, 0.3) is 10.8 Å². The molecule has 2 saturated heterocycles. The summed E-state index contributed by atoms with van der Waals surface area (Å²) in [4.78, 5) is 36.6. The van der Waals surface area contributed by atoms with Gasteiger partial charge in [0.15, 0.2) is 0 Å². The van der Waals surface area contributed by atoms with Gasteiger partial charge in [-0.3, -0.25) is 19.4 Å². The Morgan fingerprint density at radius 3 is 1.62 bits per heavy atom. The van der Waals surface area contributed by atoms with Crippen molar-refractivity contribution in [1.82, 2.24) is 19.8 Å². The van der Waals surface area contributed by atoms with Gasteiger partial charge in [-0.15, -0.1) is 0 Å². The maximum Gasteiger partial charge on any atom is 0.321 e. The van der Waals surface area contributed by atoms with E-state index in [1.54, 1.807) is 18.5 Å². The first-order valence-corrected chi connectivity index (χ1v) is 20.7. The topological polar surface area (TPSA) is 122 Å². The van der Waals surface area contributed by atoms with Gasteiger partial charge >= 0.3 is 17.9 Å². The quantitative estimate of drug-likeness (QED) is 0.112. The van der Waals surface area contributed by atoms with Crippen molar-refractivity contribution >= 4 is 22.7 Å². The summed E-state index contributed by atoms with van der Waals surface area (Å²) in [7, 11) is 0. The number of hydrogen-bond acceptors (Lipinski definition) is 12. The number of hydrogen-bond donors (Lipinski definition) is 0. The largest absolute Gasteiger partial charge is 0.460 e. The smallest absolute Gasteiger partial charge is 0.321 e. The highest BCUT2D eigenvalue weighted by Gasteiger charge is 2.25. The lowest BCUT2D eigenvalue weighted by atomic mass is 10.1. The van der Waals surface area contributed by atoms with E-state index in [0.29, 0.717) is 50.9 Å². The van der Waals surface area contributed by atoms with Gasteiger partial charge < -0.3 is 28.4 Å². The molecule has 2 aliphatic rings. The number of morpholine rings is 2. The average molecular weight is 819 g/mol. The van der Waals surface area contributed by atoms with Crippen LogP contribution in [0.15, 0.2) is 109 Å². The Hall–Kier alpha value is -5.40. The van der Waals surface area contributed by atoms with Gasteiger partial charge in [-0.2, -0.15) is 0 Å². The Morgan fingerprint density at radius 1 is 0.617 bits per heavy atom. The van der Waals surface area contributed by atoms with Crippen molar-refractivity contribution in [2.45, 2.75) is 77.8 Å². The lowest BCUT2D eigenvalue weighted by molar-refractivity contribution is -0.156. The van der Waals surface area contributed by atoms with Crippen LogP contribution in [0.5, 0.6) is 23.3 Å². The predicted molar refractivity (Wildman–Crippen MR) is 230 cm³/mol. The lowest BCUT2D eigenvalue weighted by Crippen LogP contribution is -2.39. The summed E-state index contributed by atoms with van der Waals surface area (Å²) < 4.78 is 34.5. The summed E-state index contributed by atoms with van der Waals surface area (Å²) in [5.41, 5.74) is 1.29. The summed E-state index contributed by atoms with van der Waals surface area (Å²) in [6.45, 7) is 17.1. The summed E-state index contributed by atoms with van der Waals surface area (Å²) >= 11 is 0. The van der Waals surface area contributed by atoms with Gasteiger partial charge in [-0.25, -0.2) is 9.97 Å². The Morgan fingerprint density at radius 2 is 1.10 bits per heavy atom. The third-order valence-electron chi connectivity index (χ3n) is 9.64. The standard InChI is InChI=1S/C27H31NO4.C21H27N3O4/c1-27(2,3)32-26(29)15-16-28-17-18-30-25(19-28)21-11-13-22(14-12-21)31-24-10-6-8-20-7-4-5-9-23(20)24;1-21(2,3)28-19(25)9-12-24-13-14-26-18(15-24)16-5-7-17(8-6-16)27-20-22-10-4-11-23-20/h4-14,25H,15-19H2,1-3H3;4-8,10-11,18H,9,12-15H2,1-3H3. The van der Waals surface area contributed by atoms with Crippen molar-refractivity contribution in [3.05, 3.63) is 121 Å². The molecule has 5 aromatic rings. The minimum absolute atomic E-state index is 0.0195. The molecule has 0 bridgehead atoms. The van der Waals surface area contributed by atoms with Gasteiger partial charge in [-0.05, 0) is 94.5 Å². The van der Waals surface area contributed by atoms with E-state index in [4.69, 9.17) is 28.4 Å². The molecule has 0 N–H and O–H groups in total. The first-order valence-electron chi connectivity index (χ1n) is 20.7. The summed E-state index contributed by atoms with van der Waals surface area (Å²) in [5.74, 6) is 1.99. The number of carbonyl (C=O) groups excluding carboxylic acids is 2. The second-order valence-electron chi connectivity index (χ2n) is 16.8. The summed E-state index contributed by atoms with van der Waals surface area (Å²) in [6, 6.07) is 32.2. The molecule has 0 saturated carbocycles. The van der Waals surface area contributed by atoms with Gasteiger partial charge in [0.1, 0.15) is 28.5 Å². The minimum Gasteiger partial charge on any atom is -0.460 e. The van der Waals surface area contributed by atoms with Crippen molar-refractivity contribution in [1.29, 1.82) is 0 Å². The molecule has 0 amide bonds. The fourth-order valence-corrected chi connectivity index (χ4v) is 6.85. The van der Waals surface area contributed by atoms with E-state index in [0.717, 1.165) is 59.6 Å². The maximum absolute atomic E-state index is 12.0. The molecule has 318 valence electrons. The van der Waals surface area contributed by atoms with E-state index < -0.39 is 11.2 Å². The van der Waals surface area contributed by atoms with Crippen molar-refractivity contribution in [3.63, 3.8) is 0 Å². The highest BCUT2D eigenvalue weighted by Crippen LogP contribution is 2.32. The molecule has 2 fully saturated rings. The maximum atomic E-state index is 12.0. The molecular formula is C48H58N4O8. The van der Waals surface area contributed by atoms with Crippen LogP contribution in [0.2, 0.25) is 0 Å². The second kappa shape index (κ2) is 20.7. The molecule has 4 aromatic carbocycles. The molecule has 0 spiro atoms. The number of esters is 2. The molecule has 2 aliphatic heterocycles. The predicted octanol–water partition coefficient (Wildman–Crippen LogP) is 9.11. The molecule has 1 aromatic heterocycles. The average Bonchev–Trinajstić information content (AvgIpc) is 3.23. The molecule has 7 rings (SSSR count). The van der Waals surface area contributed by atoms with Crippen LogP contribution in [-0.4, -0.2) is 95.4 Å². The van der Waals surface area contributed by atoms with Crippen LogP contribution < -0.4 is 9.47 Å². The zero-order chi connectivity index (χ0) is 42.5. The zero-order valence-corrected chi connectivity index (χ0v) is 35.7. The summed E-state index contributed by atoms with van der Waals surface area (Å²) in [6.07, 6.45) is 4.00. The number of carbonyl (C=O) groups is 2. The molecule has 3 heterocycles. The highest BCUT2D eigenvalue weighted by molar-refractivity contribution is 5.88. The number of aromatic nitrogens is 2. The molecule has 0 aliphatic carbocycles. The monoisotopic (exact) mass is 818 g/mol. The lowest BCUT2D eigenvalue weighted by Gasteiger charge is -2.33.